The standard InChI is InChI=1S/C19H21FN2O3/c1-13-10-16(8-9-17(13)20)11-21-18(23)14(2)22-19(24)25-12-15-6-4-3-5-7-15/h3-10,14H,11-12H2,1-2H3,(H,21,23)(H,22,24). The van der Waals surface area contributed by atoms with Gasteiger partial charge in [-0.25, -0.2) is 9.18 Å². The first-order valence-electron chi connectivity index (χ1n) is 7.95. The molecular formula is C19H21FN2O3. The van der Waals surface area contributed by atoms with Gasteiger partial charge in [-0.1, -0.05) is 42.5 Å². The number of benzene rings is 2. The Hall–Kier alpha value is -2.89. The molecule has 2 N–H and O–H groups in total. The lowest BCUT2D eigenvalue weighted by atomic mass is 10.1. The number of amides is 2. The van der Waals surface area contributed by atoms with Crippen molar-refractivity contribution in [3.8, 4) is 0 Å². The molecule has 2 aromatic rings. The smallest absolute Gasteiger partial charge is 0.408 e. The summed E-state index contributed by atoms with van der Waals surface area (Å²) in [5, 5.41) is 5.17. The SMILES string of the molecule is Cc1cc(CNC(=O)C(C)NC(=O)OCc2ccccc2)ccc1F. The number of hydrogen-bond donors (Lipinski definition) is 2. The van der Waals surface area contributed by atoms with Gasteiger partial charge in [-0.3, -0.25) is 4.79 Å². The number of rotatable bonds is 6. The van der Waals surface area contributed by atoms with E-state index < -0.39 is 12.1 Å². The summed E-state index contributed by atoms with van der Waals surface area (Å²) in [4.78, 5) is 23.8. The van der Waals surface area contributed by atoms with Gasteiger partial charge in [-0.15, -0.1) is 0 Å². The maximum atomic E-state index is 13.2. The van der Waals surface area contributed by atoms with Crippen molar-refractivity contribution in [3.63, 3.8) is 0 Å². The Morgan fingerprint density at radius 1 is 1.12 bits per heavy atom. The van der Waals surface area contributed by atoms with Crippen LogP contribution in [0.3, 0.4) is 0 Å². The molecule has 2 amide bonds. The van der Waals surface area contributed by atoms with Crippen molar-refractivity contribution in [1.82, 2.24) is 10.6 Å². The van der Waals surface area contributed by atoms with Crippen LogP contribution in [-0.2, 0) is 22.7 Å². The molecule has 6 heteroatoms. The second kappa shape index (κ2) is 8.82. The first-order valence-corrected chi connectivity index (χ1v) is 7.95. The molecule has 0 fully saturated rings. The number of ether oxygens (including phenoxy) is 1. The molecule has 0 spiro atoms. The normalized spacial score (nSPS) is 11.5. The Balaban J connectivity index is 1.75. The zero-order valence-corrected chi connectivity index (χ0v) is 14.2. The number of hydrogen-bond acceptors (Lipinski definition) is 3. The topological polar surface area (TPSA) is 67.4 Å². The minimum Gasteiger partial charge on any atom is -0.445 e. The van der Waals surface area contributed by atoms with Gasteiger partial charge in [0, 0.05) is 6.54 Å². The molecule has 1 unspecified atom stereocenters. The summed E-state index contributed by atoms with van der Waals surface area (Å²) in [6.07, 6.45) is -0.663. The molecule has 2 rings (SSSR count). The predicted molar refractivity (Wildman–Crippen MR) is 92.2 cm³/mol. The Bertz CT molecular complexity index is 735. The van der Waals surface area contributed by atoms with Crippen LogP contribution in [0, 0.1) is 12.7 Å². The molecule has 132 valence electrons. The molecule has 25 heavy (non-hydrogen) atoms. The third kappa shape index (κ3) is 5.91. The highest BCUT2D eigenvalue weighted by molar-refractivity contribution is 5.85. The van der Waals surface area contributed by atoms with Crippen LogP contribution < -0.4 is 10.6 Å². The lowest BCUT2D eigenvalue weighted by Crippen LogP contribution is -2.44. The van der Waals surface area contributed by atoms with Gasteiger partial charge in [0.05, 0.1) is 0 Å². The van der Waals surface area contributed by atoms with Crippen molar-refractivity contribution in [2.45, 2.75) is 33.0 Å². The van der Waals surface area contributed by atoms with Gasteiger partial charge in [-0.2, -0.15) is 0 Å². The number of carbonyl (C=O) groups excluding carboxylic acids is 2. The molecule has 0 saturated carbocycles. The highest BCUT2D eigenvalue weighted by Crippen LogP contribution is 2.09. The van der Waals surface area contributed by atoms with E-state index in [0.29, 0.717) is 5.56 Å². The summed E-state index contributed by atoms with van der Waals surface area (Å²) in [5.74, 6) is -0.634. The van der Waals surface area contributed by atoms with E-state index in [1.54, 1.807) is 26.0 Å². The maximum Gasteiger partial charge on any atom is 0.408 e. The van der Waals surface area contributed by atoms with Crippen LogP contribution in [0.1, 0.15) is 23.6 Å². The lowest BCUT2D eigenvalue weighted by Gasteiger charge is -2.14. The van der Waals surface area contributed by atoms with E-state index in [0.717, 1.165) is 11.1 Å². The quantitative estimate of drug-likeness (QED) is 0.846. The fourth-order valence-electron chi connectivity index (χ4n) is 2.17. The molecule has 2 aromatic carbocycles. The minimum atomic E-state index is -0.746. The first-order chi connectivity index (χ1) is 12.0. The highest BCUT2D eigenvalue weighted by atomic mass is 19.1. The number of nitrogens with one attached hydrogen (secondary N) is 2. The molecule has 0 bridgehead atoms. The van der Waals surface area contributed by atoms with Crippen LogP contribution in [0.5, 0.6) is 0 Å². The minimum absolute atomic E-state index is 0.135. The van der Waals surface area contributed by atoms with Crippen LogP contribution >= 0.6 is 0 Å². The second-order valence-corrected chi connectivity index (χ2v) is 5.73. The van der Waals surface area contributed by atoms with Crippen LogP contribution in [0.4, 0.5) is 9.18 Å². The number of alkyl carbamates (subject to hydrolysis) is 1. The van der Waals surface area contributed by atoms with Crippen molar-refractivity contribution in [3.05, 3.63) is 71.0 Å². The fourth-order valence-corrected chi connectivity index (χ4v) is 2.17. The summed E-state index contributed by atoms with van der Waals surface area (Å²) in [6.45, 7) is 3.61. The zero-order chi connectivity index (χ0) is 18.2. The monoisotopic (exact) mass is 344 g/mol. The van der Waals surface area contributed by atoms with Gasteiger partial charge >= 0.3 is 6.09 Å². The van der Waals surface area contributed by atoms with Gasteiger partial charge < -0.3 is 15.4 Å². The average molecular weight is 344 g/mol. The predicted octanol–water partition coefficient (Wildman–Crippen LogP) is 3.07. The maximum absolute atomic E-state index is 13.2. The number of aryl methyl sites for hydroxylation is 1. The van der Waals surface area contributed by atoms with Crippen molar-refractivity contribution >= 4 is 12.0 Å². The number of carbonyl (C=O) groups is 2. The van der Waals surface area contributed by atoms with Gasteiger partial charge in [0.2, 0.25) is 5.91 Å². The molecule has 0 aliphatic carbocycles. The van der Waals surface area contributed by atoms with E-state index in [1.165, 1.54) is 6.07 Å². The van der Waals surface area contributed by atoms with E-state index in [2.05, 4.69) is 10.6 Å². The third-order valence-corrected chi connectivity index (χ3v) is 3.63. The van der Waals surface area contributed by atoms with Crippen LogP contribution in [0.25, 0.3) is 0 Å². The summed E-state index contributed by atoms with van der Waals surface area (Å²) in [6, 6.07) is 13.1. The second-order valence-electron chi connectivity index (χ2n) is 5.73. The Labute approximate surface area is 146 Å². The fraction of sp³-hybridized carbons (Fsp3) is 0.263. The zero-order valence-electron chi connectivity index (χ0n) is 14.2. The van der Waals surface area contributed by atoms with Crippen LogP contribution in [0.2, 0.25) is 0 Å². The highest BCUT2D eigenvalue weighted by Gasteiger charge is 2.16. The largest absolute Gasteiger partial charge is 0.445 e. The first kappa shape index (κ1) is 18.4. The molecule has 1 atom stereocenters. The van der Waals surface area contributed by atoms with Gasteiger partial charge in [0.1, 0.15) is 18.5 Å². The molecule has 0 aromatic heterocycles. The van der Waals surface area contributed by atoms with Crippen molar-refractivity contribution in [2.24, 2.45) is 0 Å². The molecule has 5 nitrogen and oxygen atoms in total. The Morgan fingerprint density at radius 3 is 2.52 bits per heavy atom. The number of halogens is 1. The van der Waals surface area contributed by atoms with Crippen LogP contribution in [-0.4, -0.2) is 18.0 Å². The van der Waals surface area contributed by atoms with E-state index in [4.69, 9.17) is 4.74 Å². The lowest BCUT2D eigenvalue weighted by molar-refractivity contribution is -0.122. The van der Waals surface area contributed by atoms with E-state index in [-0.39, 0.29) is 24.9 Å². The molecule has 0 aliphatic rings. The summed E-state index contributed by atoms with van der Waals surface area (Å²) < 4.78 is 18.3. The van der Waals surface area contributed by atoms with Crippen molar-refractivity contribution < 1.29 is 18.7 Å². The van der Waals surface area contributed by atoms with E-state index in [9.17, 15) is 14.0 Å². The summed E-state index contributed by atoms with van der Waals surface area (Å²) in [7, 11) is 0. The molecule has 0 heterocycles. The molecule has 0 radical (unpaired) electrons. The molecule has 0 saturated heterocycles. The third-order valence-electron chi connectivity index (χ3n) is 3.63. The van der Waals surface area contributed by atoms with E-state index in [1.807, 2.05) is 30.3 Å². The van der Waals surface area contributed by atoms with Crippen molar-refractivity contribution in [1.29, 1.82) is 0 Å². The molecular weight excluding hydrogens is 323 g/mol. The molecule has 0 aliphatic heterocycles. The van der Waals surface area contributed by atoms with Gasteiger partial charge in [0.15, 0.2) is 0 Å². The van der Waals surface area contributed by atoms with Crippen molar-refractivity contribution in [2.75, 3.05) is 0 Å². The Morgan fingerprint density at radius 2 is 1.84 bits per heavy atom. The van der Waals surface area contributed by atoms with E-state index >= 15 is 0 Å². The van der Waals surface area contributed by atoms with Crippen LogP contribution in [0.15, 0.2) is 48.5 Å². The van der Waals surface area contributed by atoms with Gasteiger partial charge in [-0.05, 0) is 36.6 Å². The summed E-state index contributed by atoms with van der Waals surface area (Å²) in [5.41, 5.74) is 2.16. The Kier molecular flexibility index (Phi) is 6.51. The van der Waals surface area contributed by atoms with Gasteiger partial charge in [0.25, 0.3) is 0 Å². The summed E-state index contributed by atoms with van der Waals surface area (Å²) >= 11 is 0. The average Bonchev–Trinajstić information content (AvgIpc) is 2.61.